The zero-order valence-electron chi connectivity index (χ0n) is 15.2. The molecule has 3 heterocycles. The van der Waals surface area contributed by atoms with Crippen molar-refractivity contribution in [2.75, 3.05) is 11.1 Å². The van der Waals surface area contributed by atoms with E-state index in [-0.39, 0.29) is 17.4 Å². The van der Waals surface area contributed by atoms with Gasteiger partial charge in [0.1, 0.15) is 29.6 Å². The lowest BCUT2D eigenvalue weighted by atomic mass is 9.98. The Labute approximate surface area is 161 Å². The Hall–Kier alpha value is -3.99. The Morgan fingerprint density at radius 2 is 2.04 bits per heavy atom. The quantitative estimate of drug-likeness (QED) is 0.554. The molecular weight excluding hydrogens is 352 g/mol. The van der Waals surface area contributed by atoms with Gasteiger partial charge in [0.15, 0.2) is 5.65 Å². The highest BCUT2D eigenvalue weighted by Crippen LogP contribution is 2.32. The first kappa shape index (κ1) is 17.4. The van der Waals surface area contributed by atoms with Gasteiger partial charge in [0.2, 0.25) is 0 Å². The van der Waals surface area contributed by atoms with Gasteiger partial charge in [-0.1, -0.05) is 37.3 Å². The minimum Gasteiger partial charge on any atom is -0.382 e. The molecule has 0 aliphatic rings. The van der Waals surface area contributed by atoms with Crippen molar-refractivity contribution in [1.82, 2.24) is 24.6 Å². The Kier molecular flexibility index (Phi) is 4.56. The van der Waals surface area contributed by atoms with E-state index in [0.717, 1.165) is 28.9 Å². The number of nitrogen functional groups attached to an aromatic ring is 1. The van der Waals surface area contributed by atoms with E-state index >= 15 is 0 Å². The van der Waals surface area contributed by atoms with Crippen LogP contribution in [0.3, 0.4) is 0 Å². The SMILES string of the molecule is CC[C@@H](Nc1ncnc(N)c1C#N)c1cc2nccn2nc1-c1ccccc1. The molecule has 0 amide bonds. The second-order valence-electron chi connectivity index (χ2n) is 6.24. The lowest BCUT2D eigenvalue weighted by Crippen LogP contribution is -2.15. The van der Waals surface area contributed by atoms with Gasteiger partial charge in [-0.3, -0.25) is 0 Å². The van der Waals surface area contributed by atoms with Crippen molar-refractivity contribution in [3.8, 4) is 17.3 Å². The summed E-state index contributed by atoms with van der Waals surface area (Å²) in [4.78, 5) is 12.5. The number of nitrogens with two attached hydrogens (primary N) is 1. The van der Waals surface area contributed by atoms with Crippen molar-refractivity contribution in [1.29, 1.82) is 5.26 Å². The monoisotopic (exact) mass is 370 g/mol. The highest BCUT2D eigenvalue weighted by Gasteiger charge is 2.20. The van der Waals surface area contributed by atoms with Gasteiger partial charge in [0.05, 0.1) is 11.7 Å². The average molecular weight is 370 g/mol. The standard InChI is InChI=1S/C20H18N8/c1-2-16(26-20-15(11-21)19(22)24-12-25-20)14-10-17-23-8-9-28(17)27-18(14)13-6-4-3-5-7-13/h3-10,12,16H,2H2,1H3,(H3,22,24,25,26)/t16-/m1/s1. The van der Waals surface area contributed by atoms with Crippen LogP contribution in [0.15, 0.2) is 55.1 Å². The Morgan fingerprint density at radius 3 is 2.79 bits per heavy atom. The van der Waals surface area contributed by atoms with Gasteiger partial charge in [-0.15, -0.1) is 0 Å². The molecule has 3 aromatic heterocycles. The number of rotatable bonds is 5. The second kappa shape index (κ2) is 7.32. The van der Waals surface area contributed by atoms with E-state index in [0.29, 0.717) is 5.82 Å². The molecule has 138 valence electrons. The van der Waals surface area contributed by atoms with Gasteiger partial charge in [-0.2, -0.15) is 10.4 Å². The summed E-state index contributed by atoms with van der Waals surface area (Å²) >= 11 is 0. The number of nitriles is 1. The third-order valence-electron chi connectivity index (χ3n) is 4.55. The molecule has 0 spiro atoms. The fourth-order valence-electron chi connectivity index (χ4n) is 3.14. The fourth-order valence-corrected chi connectivity index (χ4v) is 3.14. The highest BCUT2D eigenvalue weighted by molar-refractivity contribution is 5.68. The Bertz CT molecular complexity index is 1160. The van der Waals surface area contributed by atoms with Crippen LogP contribution >= 0.6 is 0 Å². The van der Waals surface area contributed by atoms with Crippen LogP contribution in [0, 0.1) is 11.3 Å². The van der Waals surface area contributed by atoms with Crippen molar-refractivity contribution >= 4 is 17.3 Å². The van der Waals surface area contributed by atoms with Gasteiger partial charge in [-0.25, -0.2) is 19.5 Å². The maximum absolute atomic E-state index is 9.43. The van der Waals surface area contributed by atoms with Gasteiger partial charge >= 0.3 is 0 Å². The lowest BCUT2D eigenvalue weighted by molar-refractivity contribution is 0.734. The summed E-state index contributed by atoms with van der Waals surface area (Å²) in [5.41, 5.74) is 9.61. The second-order valence-corrected chi connectivity index (χ2v) is 6.24. The van der Waals surface area contributed by atoms with Crippen LogP contribution in [0.25, 0.3) is 16.9 Å². The normalized spacial score (nSPS) is 11.9. The molecule has 0 fully saturated rings. The summed E-state index contributed by atoms with van der Waals surface area (Å²) < 4.78 is 1.75. The largest absolute Gasteiger partial charge is 0.382 e. The first-order valence-corrected chi connectivity index (χ1v) is 8.88. The molecular formula is C20H18N8. The van der Waals surface area contributed by atoms with Crippen molar-refractivity contribution in [3.63, 3.8) is 0 Å². The molecule has 0 saturated carbocycles. The molecule has 4 rings (SSSR count). The fraction of sp³-hybridized carbons (Fsp3) is 0.150. The topological polar surface area (TPSA) is 118 Å². The molecule has 0 radical (unpaired) electrons. The molecule has 8 heteroatoms. The van der Waals surface area contributed by atoms with Gasteiger partial charge in [0, 0.05) is 23.5 Å². The van der Waals surface area contributed by atoms with Crippen molar-refractivity contribution < 1.29 is 0 Å². The molecule has 1 aromatic carbocycles. The predicted molar refractivity (Wildman–Crippen MR) is 106 cm³/mol. The molecule has 0 bridgehead atoms. The molecule has 4 aromatic rings. The van der Waals surface area contributed by atoms with E-state index in [1.807, 2.05) is 42.6 Å². The summed E-state index contributed by atoms with van der Waals surface area (Å²) in [6.45, 7) is 2.05. The number of nitrogens with one attached hydrogen (secondary N) is 1. The van der Waals surface area contributed by atoms with Crippen LogP contribution in [0.1, 0.15) is 30.5 Å². The highest BCUT2D eigenvalue weighted by atomic mass is 15.2. The lowest BCUT2D eigenvalue weighted by Gasteiger charge is -2.21. The van der Waals surface area contributed by atoms with Crippen LogP contribution in [-0.4, -0.2) is 24.6 Å². The van der Waals surface area contributed by atoms with Crippen molar-refractivity contribution in [2.45, 2.75) is 19.4 Å². The number of benzene rings is 1. The Balaban J connectivity index is 1.84. The number of nitrogens with zero attached hydrogens (tertiary/aromatic N) is 6. The number of hydrogen-bond acceptors (Lipinski definition) is 7. The minimum atomic E-state index is -0.147. The van der Waals surface area contributed by atoms with Crippen LogP contribution in [0.2, 0.25) is 0 Å². The maximum Gasteiger partial charge on any atom is 0.153 e. The van der Waals surface area contributed by atoms with E-state index in [1.165, 1.54) is 6.33 Å². The molecule has 1 atom stereocenters. The Morgan fingerprint density at radius 1 is 1.21 bits per heavy atom. The summed E-state index contributed by atoms with van der Waals surface area (Å²) in [5.74, 6) is 0.559. The molecule has 28 heavy (non-hydrogen) atoms. The van der Waals surface area contributed by atoms with E-state index in [9.17, 15) is 5.26 Å². The molecule has 0 unspecified atom stereocenters. The molecule has 0 aliphatic carbocycles. The summed E-state index contributed by atoms with van der Waals surface area (Å²) in [6, 6.07) is 13.9. The van der Waals surface area contributed by atoms with Crippen LogP contribution < -0.4 is 11.1 Å². The molecule has 3 N–H and O–H groups in total. The molecule has 0 aliphatic heterocycles. The zero-order chi connectivity index (χ0) is 19.5. The first-order chi connectivity index (χ1) is 13.7. The first-order valence-electron chi connectivity index (χ1n) is 8.88. The molecule has 8 nitrogen and oxygen atoms in total. The molecule has 0 saturated heterocycles. The number of anilines is 2. The number of hydrogen-bond donors (Lipinski definition) is 2. The summed E-state index contributed by atoms with van der Waals surface area (Å²) in [6.07, 6.45) is 5.62. The number of imidazole rings is 1. The van der Waals surface area contributed by atoms with Crippen LogP contribution in [0.4, 0.5) is 11.6 Å². The van der Waals surface area contributed by atoms with E-state index < -0.39 is 0 Å². The summed E-state index contributed by atoms with van der Waals surface area (Å²) in [7, 11) is 0. The zero-order valence-corrected chi connectivity index (χ0v) is 15.2. The van der Waals surface area contributed by atoms with Gasteiger partial charge < -0.3 is 11.1 Å². The summed E-state index contributed by atoms with van der Waals surface area (Å²) in [5, 5.41) is 17.5. The van der Waals surface area contributed by atoms with Crippen LogP contribution in [0.5, 0.6) is 0 Å². The predicted octanol–water partition coefficient (Wildman–Crippen LogP) is 3.20. The minimum absolute atomic E-state index is 0.147. The van der Waals surface area contributed by atoms with Gasteiger partial charge in [-0.05, 0) is 12.5 Å². The van der Waals surface area contributed by atoms with E-state index in [4.69, 9.17) is 10.8 Å². The number of aromatic nitrogens is 5. The average Bonchev–Trinajstić information content (AvgIpc) is 3.19. The maximum atomic E-state index is 9.43. The third-order valence-corrected chi connectivity index (χ3v) is 4.55. The van der Waals surface area contributed by atoms with Crippen LogP contribution in [-0.2, 0) is 0 Å². The number of fused-ring (bicyclic) bond motifs is 1. The van der Waals surface area contributed by atoms with E-state index in [1.54, 1.807) is 10.7 Å². The van der Waals surface area contributed by atoms with Crippen molar-refractivity contribution in [2.24, 2.45) is 0 Å². The smallest absolute Gasteiger partial charge is 0.153 e. The van der Waals surface area contributed by atoms with Gasteiger partial charge in [0.25, 0.3) is 0 Å². The van der Waals surface area contributed by atoms with E-state index in [2.05, 4.69) is 33.3 Å². The third kappa shape index (κ3) is 3.10. The van der Waals surface area contributed by atoms with Crippen molar-refractivity contribution in [3.05, 3.63) is 66.2 Å².